The summed E-state index contributed by atoms with van der Waals surface area (Å²) in [6.45, 7) is 5.05. The molecule has 0 saturated carbocycles. The summed E-state index contributed by atoms with van der Waals surface area (Å²) in [7, 11) is 0. The van der Waals surface area contributed by atoms with Gasteiger partial charge in [-0.05, 0) is 13.8 Å². The van der Waals surface area contributed by atoms with Crippen LogP contribution in [0.1, 0.15) is 24.3 Å². The van der Waals surface area contributed by atoms with Crippen molar-refractivity contribution in [1.29, 1.82) is 0 Å². The molecule has 7 nitrogen and oxygen atoms in total. The van der Waals surface area contributed by atoms with Gasteiger partial charge in [0.1, 0.15) is 11.5 Å². The number of rotatable bonds is 6. The maximum absolute atomic E-state index is 11.5. The predicted molar refractivity (Wildman–Crippen MR) is 67.1 cm³/mol. The van der Waals surface area contributed by atoms with Crippen molar-refractivity contribution in [3.8, 4) is 0 Å². The van der Waals surface area contributed by atoms with Crippen molar-refractivity contribution in [2.24, 2.45) is 5.73 Å². The molecule has 18 heavy (non-hydrogen) atoms. The fraction of sp³-hybridized carbons (Fsp3) is 0.455. The Kier molecular flexibility index (Phi) is 5.04. The predicted octanol–water partition coefficient (Wildman–Crippen LogP) is -0.462. The smallest absolute Gasteiger partial charge is 0.268 e. The zero-order valence-electron chi connectivity index (χ0n) is 10.5. The molecule has 0 aliphatic carbocycles. The molecule has 1 aromatic heterocycles. The Morgan fingerprint density at radius 2 is 2.11 bits per heavy atom. The summed E-state index contributed by atoms with van der Waals surface area (Å²) in [5.74, 6) is -0.288. The molecule has 0 radical (unpaired) electrons. The number of amides is 2. The monoisotopic (exact) mass is 251 g/mol. The van der Waals surface area contributed by atoms with Crippen LogP contribution in [-0.2, 0) is 4.79 Å². The number of likely N-dealkylation sites (N-methyl/N-ethyl adjacent to an activating group) is 2. The van der Waals surface area contributed by atoms with E-state index in [0.717, 1.165) is 0 Å². The highest BCUT2D eigenvalue weighted by Gasteiger charge is 2.12. The van der Waals surface area contributed by atoms with Gasteiger partial charge in [0, 0.05) is 13.1 Å². The molecule has 7 heteroatoms. The van der Waals surface area contributed by atoms with E-state index in [9.17, 15) is 9.59 Å². The molecule has 1 aromatic rings. The lowest BCUT2D eigenvalue weighted by atomic mass is 10.4. The van der Waals surface area contributed by atoms with Crippen molar-refractivity contribution in [1.82, 2.24) is 15.3 Å². The van der Waals surface area contributed by atoms with Gasteiger partial charge in [-0.2, -0.15) is 0 Å². The van der Waals surface area contributed by atoms with Gasteiger partial charge in [0.25, 0.3) is 5.91 Å². The Bertz CT molecular complexity index is 435. The number of carbonyl (C=O) groups excluding carboxylic acids is 2. The van der Waals surface area contributed by atoms with E-state index in [4.69, 9.17) is 5.73 Å². The number of primary amides is 1. The van der Waals surface area contributed by atoms with Crippen LogP contribution in [0.4, 0.5) is 5.82 Å². The Hall–Kier alpha value is -2.18. The average Bonchev–Trinajstić information content (AvgIpc) is 2.36. The molecular weight excluding hydrogens is 234 g/mol. The summed E-state index contributed by atoms with van der Waals surface area (Å²) in [5.41, 5.74) is 5.22. The van der Waals surface area contributed by atoms with Gasteiger partial charge in [-0.15, -0.1) is 0 Å². The number of hydrogen-bond donors (Lipinski definition) is 2. The summed E-state index contributed by atoms with van der Waals surface area (Å²) < 4.78 is 0. The second kappa shape index (κ2) is 6.53. The lowest BCUT2D eigenvalue weighted by Gasteiger charge is -2.20. The average molecular weight is 251 g/mol. The number of aromatic nitrogens is 2. The number of hydrogen-bond acceptors (Lipinski definition) is 5. The Balaban J connectivity index is 2.84. The third-order valence-corrected chi connectivity index (χ3v) is 2.29. The maximum atomic E-state index is 11.5. The zero-order valence-corrected chi connectivity index (χ0v) is 10.5. The van der Waals surface area contributed by atoms with Crippen LogP contribution in [0.2, 0.25) is 0 Å². The largest absolute Gasteiger partial charge is 0.364 e. The van der Waals surface area contributed by atoms with E-state index in [0.29, 0.717) is 18.9 Å². The summed E-state index contributed by atoms with van der Waals surface area (Å²) in [6, 6.07) is 0. The lowest BCUT2D eigenvalue weighted by Crippen LogP contribution is -2.37. The first-order valence-corrected chi connectivity index (χ1v) is 5.72. The van der Waals surface area contributed by atoms with E-state index in [-0.39, 0.29) is 18.1 Å². The Morgan fingerprint density at radius 3 is 2.67 bits per heavy atom. The SMILES string of the molecule is CCNC(=O)CN(CC)c1cncc(C(N)=O)n1. The van der Waals surface area contributed by atoms with Crippen molar-refractivity contribution in [3.63, 3.8) is 0 Å². The first kappa shape index (κ1) is 13.9. The van der Waals surface area contributed by atoms with Crippen molar-refractivity contribution < 1.29 is 9.59 Å². The second-order valence-electron chi connectivity index (χ2n) is 3.59. The molecule has 0 aliphatic heterocycles. The maximum Gasteiger partial charge on any atom is 0.268 e. The molecule has 0 fully saturated rings. The van der Waals surface area contributed by atoms with Gasteiger partial charge in [0.15, 0.2) is 0 Å². The molecule has 1 rings (SSSR count). The molecule has 0 unspecified atom stereocenters. The minimum Gasteiger partial charge on any atom is -0.364 e. The molecule has 0 atom stereocenters. The Morgan fingerprint density at radius 1 is 1.39 bits per heavy atom. The standard InChI is InChI=1S/C11H17N5O2/c1-3-14-10(17)7-16(4-2)9-6-13-5-8(15-9)11(12)18/h5-6H,3-4,7H2,1-2H3,(H2,12,18)(H,14,17). The molecule has 0 aliphatic rings. The van der Waals surface area contributed by atoms with E-state index >= 15 is 0 Å². The van der Waals surface area contributed by atoms with Crippen LogP contribution in [0.3, 0.4) is 0 Å². The fourth-order valence-electron chi connectivity index (χ4n) is 1.41. The third kappa shape index (κ3) is 3.69. The van der Waals surface area contributed by atoms with Crippen LogP contribution in [0.15, 0.2) is 12.4 Å². The van der Waals surface area contributed by atoms with Crippen molar-refractivity contribution >= 4 is 17.6 Å². The van der Waals surface area contributed by atoms with Gasteiger partial charge in [0.2, 0.25) is 5.91 Å². The first-order valence-electron chi connectivity index (χ1n) is 5.72. The molecule has 1 heterocycles. The third-order valence-electron chi connectivity index (χ3n) is 2.29. The number of nitrogens with zero attached hydrogens (tertiary/aromatic N) is 3. The minimum absolute atomic E-state index is 0.0850. The van der Waals surface area contributed by atoms with E-state index in [2.05, 4.69) is 15.3 Å². The van der Waals surface area contributed by atoms with Gasteiger partial charge in [0.05, 0.1) is 18.9 Å². The van der Waals surface area contributed by atoms with Gasteiger partial charge in [-0.3, -0.25) is 14.6 Å². The molecular formula is C11H17N5O2. The second-order valence-corrected chi connectivity index (χ2v) is 3.59. The van der Waals surface area contributed by atoms with Crippen LogP contribution in [0, 0.1) is 0 Å². The molecule has 0 saturated heterocycles. The van der Waals surface area contributed by atoms with Crippen molar-refractivity contribution in [3.05, 3.63) is 18.1 Å². The van der Waals surface area contributed by atoms with Crippen LogP contribution in [-0.4, -0.2) is 41.4 Å². The summed E-state index contributed by atoms with van der Waals surface area (Å²) in [4.78, 5) is 32.2. The molecule has 0 bridgehead atoms. The Labute approximate surface area is 105 Å². The van der Waals surface area contributed by atoms with Crippen LogP contribution in [0.25, 0.3) is 0 Å². The molecule has 98 valence electrons. The summed E-state index contributed by atoms with van der Waals surface area (Å²) in [6.07, 6.45) is 2.79. The highest BCUT2D eigenvalue weighted by atomic mass is 16.2. The number of nitrogens with one attached hydrogen (secondary N) is 1. The van der Waals surface area contributed by atoms with Crippen LogP contribution in [0.5, 0.6) is 0 Å². The van der Waals surface area contributed by atoms with E-state index in [1.165, 1.54) is 12.4 Å². The van der Waals surface area contributed by atoms with E-state index in [1.807, 2.05) is 13.8 Å². The summed E-state index contributed by atoms with van der Waals surface area (Å²) >= 11 is 0. The van der Waals surface area contributed by atoms with Crippen LogP contribution >= 0.6 is 0 Å². The van der Waals surface area contributed by atoms with Gasteiger partial charge >= 0.3 is 0 Å². The van der Waals surface area contributed by atoms with E-state index in [1.54, 1.807) is 4.90 Å². The minimum atomic E-state index is -0.640. The van der Waals surface area contributed by atoms with Crippen molar-refractivity contribution in [2.45, 2.75) is 13.8 Å². The van der Waals surface area contributed by atoms with E-state index < -0.39 is 5.91 Å². The molecule has 0 aromatic carbocycles. The summed E-state index contributed by atoms with van der Waals surface area (Å²) in [5, 5.41) is 2.70. The van der Waals surface area contributed by atoms with Crippen LogP contribution < -0.4 is 16.0 Å². The highest BCUT2D eigenvalue weighted by molar-refractivity contribution is 5.90. The van der Waals surface area contributed by atoms with Gasteiger partial charge in [-0.1, -0.05) is 0 Å². The molecule has 2 amide bonds. The first-order chi connectivity index (χ1) is 8.58. The quantitative estimate of drug-likeness (QED) is 0.712. The molecule has 0 spiro atoms. The zero-order chi connectivity index (χ0) is 13.5. The normalized spacial score (nSPS) is 9.89. The molecule has 3 N–H and O–H groups in total. The number of nitrogens with two attached hydrogens (primary N) is 1. The topological polar surface area (TPSA) is 101 Å². The van der Waals surface area contributed by atoms with Gasteiger partial charge < -0.3 is 16.0 Å². The highest BCUT2D eigenvalue weighted by Crippen LogP contribution is 2.08. The van der Waals surface area contributed by atoms with Crippen molar-refractivity contribution in [2.75, 3.05) is 24.5 Å². The number of carbonyl (C=O) groups is 2. The number of anilines is 1. The lowest BCUT2D eigenvalue weighted by molar-refractivity contribution is -0.119. The van der Waals surface area contributed by atoms with Gasteiger partial charge in [-0.25, -0.2) is 4.98 Å². The fourth-order valence-corrected chi connectivity index (χ4v) is 1.41.